The van der Waals surface area contributed by atoms with Gasteiger partial charge < -0.3 is 39.9 Å². The summed E-state index contributed by atoms with van der Waals surface area (Å²) in [5.41, 5.74) is 9.37. The third-order valence-corrected chi connectivity index (χ3v) is 13.3. The van der Waals surface area contributed by atoms with Gasteiger partial charge in [-0.3, -0.25) is 9.59 Å². The molecule has 5 aliphatic rings. The molecule has 9 rings (SSSR count). The summed E-state index contributed by atoms with van der Waals surface area (Å²) in [6.45, 7) is 8.88. The van der Waals surface area contributed by atoms with Gasteiger partial charge in [-0.25, -0.2) is 19.6 Å². The van der Waals surface area contributed by atoms with Gasteiger partial charge in [-0.05, 0) is 103 Å². The number of imidazole rings is 2. The topological polar surface area (TPSA) is 175 Å². The Kier molecular flexibility index (Phi) is 11.7. The zero-order valence-corrected chi connectivity index (χ0v) is 35.5. The molecule has 4 amide bonds. The molecule has 2 aliphatic heterocycles. The minimum absolute atomic E-state index is 0.102. The van der Waals surface area contributed by atoms with Crippen molar-refractivity contribution >= 4 is 24.0 Å². The van der Waals surface area contributed by atoms with Gasteiger partial charge in [-0.15, -0.1) is 0 Å². The number of rotatable bonds is 11. The number of hydrogen-bond donors (Lipinski definition) is 4. The SMILES string of the molecule is COC(=O)N[C@H](C(=O)N1CCC[C@H]1c1ncc(-c2ccc(-c3ccc(-c4cnc([C@@H]5CCCN5C(=O)[C@@H](NC(=O)OC)C(C)C)[nH]4)c4c3C3CCC4CC3)cc2)[nH]1)C(C)C. The molecule has 2 saturated heterocycles. The van der Waals surface area contributed by atoms with Crippen LogP contribution >= 0.6 is 0 Å². The molecular formula is C46H58N8O6. The molecule has 4 atom stereocenters. The molecule has 0 radical (unpaired) electrons. The number of H-pyrrole nitrogens is 2. The molecule has 4 heterocycles. The van der Waals surface area contributed by atoms with Crippen LogP contribution < -0.4 is 10.6 Å². The van der Waals surface area contributed by atoms with Crippen molar-refractivity contribution in [1.82, 2.24) is 40.4 Å². The van der Waals surface area contributed by atoms with E-state index < -0.39 is 24.3 Å². The van der Waals surface area contributed by atoms with E-state index in [-0.39, 0.29) is 35.7 Å². The number of likely N-dealkylation sites (tertiary alicyclic amines) is 2. The lowest BCUT2D eigenvalue weighted by molar-refractivity contribution is -0.136. The van der Waals surface area contributed by atoms with Crippen LogP contribution in [-0.2, 0) is 19.1 Å². The molecule has 2 bridgehead atoms. The van der Waals surface area contributed by atoms with Gasteiger partial charge in [-0.2, -0.15) is 0 Å². The molecule has 14 nitrogen and oxygen atoms in total. The second kappa shape index (κ2) is 17.1. The maximum absolute atomic E-state index is 13.8. The fraction of sp³-hybridized carbons (Fsp3) is 0.522. The molecule has 3 fully saturated rings. The lowest BCUT2D eigenvalue weighted by Crippen LogP contribution is -2.51. The summed E-state index contributed by atoms with van der Waals surface area (Å²) < 4.78 is 9.61. The molecule has 60 heavy (non-hydrogen) atoms. The van der Waals surface area contributed by atoms with Crippen molar-refractivity contribution in [3.63, 3.8) is 0 Å². The Labute approximate surface area is 351 Å². The smallest absolute Gasteiger partial charge is 0.407 e. The van der Waals surface area contributed by atoms with Crippen molar-refractivity contribution in [3.8, 4) is 33.6 Å². The van der Waals surface area contributed by atoms with Gasteiger partial charge in [-0.1, -0.05) is 64.1 Å². The summed E-state index contributed by atoms with van der Waals surface area (Å²) in [4.78, 5) is 72.1. The van der Waals surface area contributed by atoms with Crippen LogP contribution in [0.1, 0.15) is 126 Å². The monoisotopic (exact) mass is 818 g/mol. The highest BCUT2D eigenvalue weighted by atomic mass is 16.5. The highest BCUT2D eigenvalue weighted by Gasteiger charge is 2.40. The first-order valence-electron chi connectivity index (χ1n) is 21.6. The quantitative estimate of drug-likeness (QED) is 0.118. The maximum Gasteiger partial charge on any atom is 0.407 e. The van der Waals surface area contributed by atoms with Crippen molar-refractivity contribution < 1.29 is 28.7 Å². The first-order valence-corrected chi connectivity index (χ1v) is 21.6. The number of amides is 4. The van der Waals surface area contributed by atoms with Crippen LogP contribution in [0.3, 0.4) is 0 Å². The predicted octanol–water partition coefficient (Wildman–Crippen LogP) is 7.98. The molecule has 4 aromatic rings. The maximum atomic E-state index is 13.8. The van der Waals surface area contributed by atoms with Crippen LogP contribution in [0.25, 0.3) is 33.6 Å². The number of aromatic amines is 2. The minimum atomic E-state index is -0.686. The fourth-order valence-electron chi connectivity index (χ4n) is 10.2. The van der Waals surface area contributed by atoms with Gasteiger partial charge in [0.05, 0.1) is 50.1 Å². The lowest BCUT2D eigenvalue weighted by atomic mass is 9.64. The summed E-state index contributed by atoms with van der Waals surface area (Å²) in [7, 11) is 2.61. The summed E-state index contributed by atoms with van der Waals surface area (Å²) in [5.74, 6) is 2.03. The van der Waals surface area contributed by atoms with Crippen molar-refractivity contribution in [2.24, 2.45) is 11.8 Å². The Bertz CT molecular complexity index is 2220. The van der Waals surface area contributed by atoms with Crippen LogP contribution in [-0.4, -0.2) is 93.1 Å². The Balaban J connectivity index is 1.03. The van der Waals surface area contributed by atoms with Crippen LogP contribution in [0.15, 0.2) is 48.8 Å². The molecule has 1 saturated carbocycles. The molecule has 0 unspecified atom stereocenters. The largest absolute Gasteiger partial charge is 0.453 e. The number of methoxy groups -OCH3 is 2. The molecule has 4 N–H and O–H groups in total. The second-order valence-corrected chi connectivity index (χ2v) is 17.6. The van der Waals surface area contributed by atoms with E-state index in [0.717, 1.165) is 54.3 Å². The Morgan fingerprint density at radius 1 is 0.617 bits per heavy atom. The molecule has 318 valence electrons. The van der Waals surface area contributed by atoms with Gasteiger partial charge in [0.1, 0.15) is 23.7 Å². The average molecular weight is 819 g/mol. The van der Waals surface area contributed by atoms with Crippen molar-refractivity contribution in [2.45, 2.75) is 115 Å². The molecule has 0 spiro atoms. The number of alkyl carbamates (subject to hydrolysis) is 2. The summed E-state index contributed by atoms with van der Waals surface area (Å²) in [6, 6.07) is 11.4. The van der Waals surface area contributed by atoms with E-state index in [2.05, 4.69) is 57.0 Å². The Morgan fingerprint density at radius 2 is 1.05 bits per heavy atom. The first kappa shape index (κ1) is 41.1. The highest BCUT2D eigenvalue weighted by Crippen LogP contribution is 2.55. The number of nitrogens with one attached hydrogen (secondary N) is 4. The van der Waals surface area contributed by atoms with E-state index in [9.17, 15) is 19.2 Å². The standard InChI is InChI=1S/C46H58N8O6/c1-25(2)39(51-45(57)59-5)43(55)53-21-7-9-35(53)41-47-23-33(49-41)28-13-11-27(12-14-28)31-19-20-32(38-30-17-15-29(16-18-30)37(31)38)34-24-48-42(50-34)36-10-8-22-54(36)44(56)40(26(3)4)52-46(58)60-6/h11-14,19-20,23-26,29-30,35-36,39-40H,7-10,15-18,21-22H2,1-6H3,(H,47,49)(H,48,50)(H,51,57)(H,52,58)/t29?,30?,35-,36-,39-,40-/m0/s1. The summed E-state index contributed by atoms with van der Waals surface area (Å²) in [6.07, 6.45) is 10.6. The average Bonchev–Trinajstić information content (AvgIpc) is 4.11. The number of hydrogen-bond acceptors (Lipinski definition) is 8. The predicted molar refractivity (Wildman–Crippen MR) is 227 cm³/mol. The van der Waals surface area contributed by atoms with Gasteiger partial charge in [0, 0.05) is 18.7 Å². The molecule has 2 aromatic carbocycles. The normalized spacial score (nSPS) is 21.9. The molecular weight excluding hydrogens is 761 g/mol. The van der Waals surface area contributed by atoms with E-state index in [1.54, 1.807) is 0 Å². The number of benzene rings is 2. The van der Waals surface area contributed by atoms with Crippen LogP contribution in [0.4, 0.5) is 9.59 Å². The number of carbonyl (C=O) groups is 4. The number of carbonyl (C=O) groups excluding carboxylic acids is 4. The third-order valence-electron chi connectivity index (χ3n) is 13.3. The number of nitrogens with zero attached hydrogens (tertiary/aromatic N) is 4. The first-order chi connectivity index (χ1) is 29.0. The van der Waals surface area contributed by atoms with E-state index in [4.69, 9.17) is 19.4 Å². The summed E-state index contributed by atoms with van der Waals surface area (Å²) >= 11 is 0. The number of fused-ring (bicyclic) bond motifs is 2. The van der Waals surface area contributed by atoms with Gasteiger partial charge in [0.15, 0.2) is 0 Å². The summed E-state index contributed by atoms with van der Waals surface area (Å²) in [5, 5.41) is 5.46. The fourth-order valence-corrected chi connectivity index (χ4v) is 10.2. The zero-order chi connectivity index (χ0) is 42.2. The molecule has 2 aromatic heterocycles. The van der Waals surface area contributed by atoms with E-state index in [1.165, 1.54) is 67.7 Å². The molecule has 3 aliphatic carbocycles. The van der Waals surface area contributed by atoms with Gasteiger partial charge >= 0.3 is 12.2 Å². The minimum Gasteiger partial charge on any atom is -0.453 e. The van der Waals surface area contributed by atoms with Crippen molar-refractivity contribution in [3.05, 3.63) is 71.6 Å². The van der Waals surface area contributed by atoms with Gasteiger partial charge in [0.2, 0.25) is 11.8 Å². The lowest BCUT2D eigenvalue weighted by Gasteiger charge is -2.41. The van der Waals surface area contributed by atoms with E-state index in [1.807, 2.05) is 49.9 Å². The van der Waals surface area contributed by atoms with E-state index in [0.29, 0.717) is 24.9 Å². The second-order valence-electron chi connectivity index (χ2n) is 17.6. The van der Waals surface area contributed by atoms with Crippen molar-refractivity contribution in [2.75, 3.05) is 27.3 Å². The van der Waals surface area contributed by atoms with Crippen LogP contribution in [0.5, 0.6) is 0 Å². The highest BCUT2D eigenvalue weighted by molar-refractivity contribution is 5.87. The third kappa shape index (κ3) is 7.76. The van der Waals surface area contributed by atoms with Gasteiger partial charge in [0.25, 0.3) is 0 Å². The zero-order valence-electron chi connectivity index (χ0n) is 35.5. The van der Waals surface area contributed by atoms with Crippen LogP contribution in [0, 0.1) is 11.8 Å². The Hall–Kier alpha value is -5.66. The molecule has 14 heteroatoms. The number of aromatic nitrogens is 4. The van der Waals surface area contributed by atoms with Crippen LogP contribution in [0.2, 0.25) is 0 Å². The number of ether oxygens (including phenoxy) is 2. The Morgan fingerprint density at radius 3 is 1.53 bits per heavy atom. The van der Waals surface area contributed by atoms with Crippen molar-refractivity contribution in [1.29, 1.82) is 0 Å². The van der Waals surface area contributed by atoms with E-state index >= 15 is 0 Å².